The number of nitrogens with one attached hydrogen (secondary N) is 1. The molecule has 0 heterocycles. The molecular weight excluding hydrogens is 256 g/mol. The number of nitrogens with two attached hydrogens (primary N) is 1. The highest BCUT2D eigenvalue weighted by Crippen LogP contribution is 2.08. The first-order chi connectivity index (χ1) is 9.31. The van der Waals surface area contributed by atoms with Gasteiger partial charge in [-0.25, -0.2) is 4.79 Å². The molecule has 20 heavy (non-hydrogen) atoms. The van der Waals surface area contributed by atoms with Gasteiger partial charge in [0, 0.05) is 0 Å². The molecule has 0 saturated heterocycles. The lowest BCUT2D eigenvalue weighted by Crippen LogP contribution is -2.46. The number of ketones is 1. The van der Waals surface area contributed by atoms with Crippen LogP contribution in [0.4, 0.5) is 4.79 Å². The van der Waals surface area contributed by atoms with Crippen LogP contribution in [-0.4, -0.2) is 30.1 Å². The number of ether oxygens (including phenoxy) is 1. The Hall–Kier alpha value is -1.88. The maximum Gasteiger partial charge on any atom is 0.408 e. The van der Waals surface area contributed by atoms with Gasteiger partial charge in [0.05, 0.1) is 12.6 Å². The number of rotatable bonds is 5. The molecule has 3 N–H and O–H groups in total. The Kier molecular flexibility index (Phi) is 5.70. The summed E-state index contributed by atoms with van der Waals surface area (Å²) in [4.78, 5) is 23.6. The Labute approximate surface area is 119 Å². The first kappa shape index (κ1) is 16.2. The number of carbonyl (C=O) groups excluding carboxylic acids is 2. The van der Waals surface area contributed by atoms with Crippen LogP contribution in [0, 0.1) is 0 Å². The largest absolute Gasteiger partial charge is 0.444 e. The second-order valence-electron chi connectivity index (χ2n) is 5.56. The van der Waals surface area contributed by atoms with E-state index in [2.05, 4.69) is 5.32 Å². The van der Waals surface area contributed by atoms with E-state index in [4.69, 9.17) is 10.5 Å². The molecule has 0 unspecified atom stereocenters. The summed E-state index contributed by atoms with van der Waals surface area (Å²) in [6.07, 6.45) is -0.212. The molecule has 0 radical (unpaired) electrons. The van der Waals surface area contributed by atoms with E-state index >= 15 is 0 Å². The highest BCUT2D eigenvalue weighted by Gasteiger charge is 2.23. The topological polar surface area (TPSA) is 81.4 Å². The molecule has 0 bridgehead atoms. The molecule has 0 aliphatic carbocycles. The zero-order valence-corrected chi connectivity index (χ0v) is 12.2. The van der Waals surface area contributed by atoms with Gasteiger partial charge in [0.2, 0.25) is 0 Å². The fourth-order valence-electron chi connectivity index (χ4n) is 1.69. The van der Waals surface area contributed by atoms with E-state index in [1.54, 1.807) is 20.8 Å². The summed E-state index contributed by atoms with van der Waals surface area (Å²) in [6.45, 7) is 5.18. The van der Waals surface area contributed by atoms with E-state index in [9.17, 15) is 9.59 Å². The molecular formula is C15H22N2O3. The average Bonchev–Trinajstić information content (AvgIpc) is 2.36. The fraction of sp³-hybridized carbons (Fsp3) is 0.467. The van der Waals surface area contributed by atoms with Crippen LogP contribution in [-0.2, 0) is 16.0 Å². The predicted octanol–water partition coefficient (Wildman–Crippen LogP) is 1.65. The van der Waals surface area contributed by atoms with Crippen LogP contribution in [0.2, 0.25) is 0 Å². The van der Waals surface area contributed by atoms with E-state index in [1.165, 1.54) is 0 Å². The number of hydrogen-bond acceptors (Lipinski definition) is 4. The number of alkyl carbamates (subject to hydrolysis) is 1. The molecule has 5 heteroatoms. The quantitative estimate of drug-likeness (QED) is 0.858. The smallest absolute Gasteiger partial charge is 0.408 e. The second kappa shape index (κ2) is 7.05. The monoisotopic (exact) mass is 278 g/mol. The van der Waals surface area contributed by atoms with Gasteiger partial charge in [-0.05, 0) is 32.8 Å². The molecule has 1 amide bonds. The van der Waals surface area contributed by atoms with Crippen molar-refractivity contribution < 1.29 is 14.3 Å². The van der Waals surface area contributed by atoms with Crippen molar-refractivity contribution in [1.82, 2.24) is 5.32 Å². The van der Waals surface area contributed by atoms with Crippen molar-refractivity contribution in [2.24, 2.45) is 5.73 Å². The number of Topliss-reactive ketones (excluding diaryl/α,β-unsaturated/α-hetero) is 1. The van der Waals surface area contributed by atoms with Crippen LogP contribution in [0.15, 0.2) is 30.3 Å². The third-order valence-corrected chi connectivity index (χ3v) is 2.56. The minimum absolute atomic E-state index is 0.118. The zero-order chi connectivity index (χ0) is 15.2. The van der Waals surface area contributed by atoms with Crippen molar-refractivity contribution in [3.8, 4) is 0 Å². The van der Waals surface area contributed by atoms with Gasteiger partial charge in [-0.2, -0.15) is 0 Å². The third-order valence-electron chi connectivity index (χ3n) is 2.56. The summed E-state index contributed by atoms with van der Waals surface area (Å²) >= 11 is 0. The van der Waals surface area contributed by atoms with E-state index in [0.29, 0.717) is 6.42 Å². The van der Waals surface area contributed by atoms with Crippen molar-refractivity contribution in [1.29, 1.82) is 0 Å². The maximum atomic E-state index is 11.8. The standard InChI is InChI=1S/C15H22N2O3/c1-15(2,3)20-14(19)17-12(13(18)10-16)9-11-7-5-4-6-8-11/h4-8,12H,9-10,16H2,1-3H3,(H,17,19)/t12-/m0/s1. The predicted molar refractivity (Wildman–Crippen MR) is 77.4 cm³/mol. The lowest BCUT2D eigenvalue weighted by Gasteiger charge is -2.23. The minimum Gasteiger partial charge on any atom is -0.444 e. The van der Waals surface area contributed by atoms with Gasteiger partial charge in [-0.3, -0.25) is 4.79 Å². The highest BCUT2D eigenvalue weighted by atomic mass is 16.6. The molecule has 0 spiro atoms. The zero-order valence-electron chi connectivity index (χ0n) is 12.2. The number of benzene rings is 1. The molecule has 0 aromatic heterocycles. The summed E-state index contributed by atoms with van der Waals surface area (Å²) in [5.74, 6) is -0.222. The molecule has 0 saturated carbocycles. The minimum atomic E-state index is -0.669. The van der Waals surface area contributed by atoms with Crippen LogP contribution in [0.25, 0.3) is 0 Å². The second-order valence-corrected chi connectivity index (χ2v) is 5.56. The SMILES string of the molecule is CC(C)(C)OC(=O)N[C@@H](Cc1ccccc1)C(=O)CN. The van der Waals surface area contributed by atoms with E-state index < -0.39 is 17.7 Å². The molecule has 1 aromatic carbocycles. The van der Waals surface area contributed by atoms with Crippen molar-refractivity contribution in [2.45, 2.75) is 38.8 Å². The van der Waals surface area contributed by atoms with Gasteiger partial charge in [-0.15, -0.1) is 0 Å². The lowest BCUT2D eigenvalue weighted by molar-refractivity contribution is -0.119. The van der Waals surface area contributed by atoms with Gasteiger partial charge >= 0.3 is 6.09 Å². The van der Waals surface area contributed by atoms with Crippen molar-refractivity contribution in [2.75, 3.05) is 6.54 Å². The van der Waals surface area contributed by atoms with Gasteiger partial charge in [-0.1, -0.05) is 30.3 Å². The van der Waals surface area contributed by atoms with Gasteiger partial charge in [0.15, 0.2) is 5.78 Å². The normalized spacial score (nSPS) is 12.6. The summed E-state index contributed by atoms with van der Waals surface area (Å²) in [6, 6.07) is 8.78. The molecule has 1 aromatic rings. The van der Waals surface area contributed by atoms with E-state index in [1.807, 2.05) is 30.3 Å². The Morgan fingerprint density at radius 1 is 1.25 bits per heavy atom. The average molecular weight is 278 g/mol. The number of carbonyl (C=O) groups is 2. The van der Waals surface area contributed by atoms with Gasteiger partial charge < -0.3 is 15.8 Å². The van der Waals surface area contributed by atoms with Crippen LogP contribution >= 0.6 is 0 Å². The summed E-state index contributed by atoms with van der Waals surface area (Å²) in [5.41, 5.74) is 5.74. The number of hydrogen-bond donors (Lipinski definition) is 2. The van der Waals surface area contributed by atoms with Crippen molar-refractivity contribution in [3.63, 3.8) is 0 Å². The Morgan fingerprint density at radius 2 is 1.85 bits per heavy atom. The molecule has 1 rings (SSSR count). The maximum absolute atomic E-state index is 11.8. The Balaban J connectivity index is 2.70. The van der Waals surface area contributed by atoms with Gasteiger partial charge in [0.25, 0.3) is 0 Å². The van der Waals surface area contributed by atoms with Crippen molar-refractivity contribution >= 4 is 11.9 Å². The molecule has 0 fully saturated rings. The fourth-order valence-corrected chi connectivity index (χ4v) is 1.69. The molecule has 1 atom stereocenters. The number of amides is 1. The molecule has 0 aliphatic rings. The highest BCUT2D eigenvalue weighted by molar-refractivity contribution is 5.89. The first-order valence-corrected chi connectivity index (χ1v) is 6.58. The van der Waals surface area contributed by atoms with Crippen molar-refractivity contribution in [3.05, 3.63) is 35.9 Å². The first-order valence-electron chi connectivity index (χ1n) is 6.58. The summed E-state index contributed by atoms with van der Waals surface area (Å²) in [7, 11) is 0. The van der Waals surface area contributed by atoms with Gasteiger partial charge in [0.1, 0.15) is 5.60 Å². The Bertz CT molecular complexity index is 452. The van der Waals surface area contributed by atoms with Crippen LogP contribution in [0.3, 0.4) is 0 Å². The molecule has 5 nitrogen and oxygen atoms in total. The van der Waals surface area contributed by atoms with E-state index in [-0.39, 0.29) is 12.3 Å². The third kappa shape index (κ3) is 5.84. The van der Waals surface area contributed by atoms with Crippen LogP contribution in [0.5, 0.6) is 0 Å². The lowest BCUT2D eigenvalue weighted by atomic mass is 10.0. The molecule has 0 aliphatic heterocycles. The van der Waals surface area contributed by atoms with Crippen LogP contribution < -0.4 is 11.1 Å². The summed E-state index contributed by atoms with van der Waals surface area (Å²) < 4.78 is 5.16. The Morgan fingerprint density at radius 3 is 2.35 bits per heavy atom. The molecule has 110 valence electrons. The van der Waals surface area contributed by atoms with Crippen LogP contribution in [0.1, 0.15) is 26.3 Å². The van der Waals surface area contributed by atoms with E-state index in [0.717, 1.165) is 5.56 Å². The summed E-state index contributed by atoms with van der Waals surface area (Å²) in [5, 5.41) is 2.58.